The molecule has 0 aromatic heterocycles. The molecule has 1 atom stereocenters. The summed E-state index contributed by atoms with van der Waals surface area (Å²) in [5, 5.41) is 22.0. The van der Waals surface area contributed by atoms with E-state index < -0.39 is 47.5 Å². The number of hydrogen-bond donors (Lipinski definition) is 2. The van der Waals surface area contributed by atoms with Gasteiger partial charge in [0.25, 0.3) is 11.6 Å². The Morgan fingerprint density at radius 1 is 1.50 bits per heavy atom. The Morgan fingerprint density at radius 3 is 2.64 bits per heavy atom. The Balaban J connectivity index is 3.05. The second-order valence-corrected chi connectivity index (χ2v) is 4.40. The van der Waals surface area contributed by atoms with Gasteiger partial charge in [0, 0.05) is 12.1 Å². The molecule has 0 spiro atoms. The first kappa shape index (κ1) is 17.7. The Hall–Kier alpha value is -2.36. The molecule has 1 aromatic rings. The number of carbonyl (C=O) groups excluding carboxylic acids is 1. The molecule has 0 aliphatic rings. The summed E-state index contributed by atoms with van der Waals surface area (Å²) >= 11 is 0. The summed E-state index contributed by atoms with van der Waals surface area (Å²) in [4.78, 5) is 21.9. The molecule has 0 bridgehead atoms. The molecule has 0 saturated carbocycles. The molecule has 0 aliphatic heterocycles. The predicted octanol–water partition coefficient (Wildman–Crippen LogP) is 1.65. The molecule has 0 fully saturated rings. The van der Waals surface area contributed by atoms with Gasteiger partial charge < -0.3 is 15.2 Å². The first-order valence-corrected chi connectivity index (χ1v) is 6.03. The van der Waals surface area contributed by atoms with Crippen LogP contribution < -0.4 is 10.1 Å². The van der Waals surface area contributed by atoms with Crippen LogP contribution in [0.25, 0.3) is 0 Å². The fourth-order valence-corrected chi connectivity index (χ4v) is 1.46. The normalized spacial score (nSPS) is 12.6. The van der Waals surface area contributed by atoms with Crippen LogP contribution in [0.15, 0.2) is 18.2 Å². The molecule has 1 amide bonds. The number of ether oxygens (including phenoxy) is 1. The van der Waals surface area contributed by atoms with Crippen molar-refractivity contribution in [2.75, 3.05) is 13.2 Å². The second-order valence-electron chi connectivity index (χ2n) is 4.40. The quantitative estimate of drug-likeness (QED) is 0.612. The van der Waals surface area contributed by atoms with Gasteiger partial charge >= 0.3 is 6.18 Å². The average molecular weight is 322 g/mol. The molecule has 10 heteroatoms. The van der Waals surface area contributed by atoms with Gasteiger partial charge in [-0.1, -0.05) is 0 Å². The van der Waals surface area contributed by atoms with E-state index in [0.717, 1.165) is 18.2 Å². The smallest absolute Gasteiger partial charge is 0.422 e. The van der Waals surface area contributed by atoms with Gasteiger partial charge in [0.2, 0.25) is 0 Å². The summed E-state index contributed by atoms with van der Waals surface area (Å²) in [5.41, 5.74) is -1.04. The molecule has 0 radical (unpaired) electrons. The first-order chi connectivity index (χ1) is 10.1. The number of alkyl halides is 3. The van der Waals surface area contributed by atoms with Crippen LogP contribution in [0.1, 0.15) is 17.3 Å². The number of carbonyl (C=O) groups is 1. The van der Waals surface area contributed by atoms with Crippen LogP contribution >= 0.6 is 0 Å². The standard InChI is InChI=1S/C12H13F3N2O5/c1-7(5-18)16-11(19)9-4-8(22-6-12(13,14)15)2-3-10(9)17(20)21/h2-4,7,18H,5-6H2,1H3,(H,16,19). The third-order valence-electron chi connectivity index (χ3n) is 2.46. The lowest BCUT2D eigenvalue weighted by atomic mass is 10.1. The molecule has 0 heterocycles. The number of aliphatic hydroxyl groups is 1. The highest BCUT2D eigenvalue weighted by Crippen LogP contribution is 2.25. The second kappa shape index (κ2) is 7.07. The van der Waals surface area contributed by atoms with Crippen molar-refractivity contribution in [3.05, 3.63) is 33.9 Å². The summed E-state index contributed by atoms with van der Waals surface area (Å²) < 4.78 is 40.7. The number of hydrogen-bond acceptors (Lipinski definition) is 5. The SMILES string of the molecule is CC(CO)NC(=O)c1cc(OCC(F)(F)F)ccc1[N+](=O)[O-]. The van der Waals surface area contributed by atoms with Crippen molar-refractivity contribution in [3.63, 3.8) is 0 Å². The van der Waals surface area contributed by atoms with Crippen molar-refractivity contribution >= 4 is 11.6 Å². The molecule has 0 saturated heterocycles. The van der Waals surface area contributed by atoms with E-state index in [1.807, 2.05) is 0 Å². The van der Waals surface area contributed by atoms with Gasteiger partial charge in [-0.15, -0.1) is 0 Å². The highest BCUT2D eigenvalue weighted by Gasteiger charge is 2.29. The number of nitro benzene ring substituents is 1. The van der Waals surface area contributed by atoms with Gasteiger partial charge in [0.15, 0.2) is 6.61 Å². The minimum absolute atomic E-state index is 0.329. The fraction of sp³-hybridized carbons (Fsp3) is 0.417. The van der Waals surface area contributed by atoms with Crippen LogP contribution in [0.4, 0.5) is 18.9 Å². The van der Waals surface area contributed by atoms with Crippen molar-refractivity contribution < 1.29 is 32.7 Å². The van der Waals surface area contributed by atoms with Gasteiger partial charge in [-0.05, 0) is 19.1 Å². The maximum Gasteiger partial charge on any atom is 0.422 e. The third kappa shape index (κ3) is 5.20. The van der Waals surface area contributed by atoms with Crippen molar-refractivity contribution in [3.8, 4) is 5.75 Å². The fourth-order valence-electron chi connectivity index (χ4n) is 1.46. The van der Waals surface area contributed by atoms with Crippen LogP contribution in [-0.4, -0.2) is 41.4 Å². The third-order valence-corrected chi connectivity index (χ3v) is 2.46. The molecule has 0 aliphatic carbocycles. The van der Waals surface area contributed by atoms with E-state index >= 15 is 0 Å². The largest absolute Gasteiger partial charge is 0.484 e. The zero-order chi connectivity index (χ0) is 16.9. The predicted molar refractivity (Wildman–Crippen MR) is 68.7 cm³/mol. The Labute approximate surface area is 122 Å². The topological polar surface area (TPSA) is 102 Å². The molecule has 1 unspecified atom stereocenters. The van der Waals surface area contributed by atoms with Crippen molar-refractivity contribution in [2.24, 2.45) is 0 Å². The monoisotopic (exact) mass is 322 g/mol. The summed E-state index contributed by atoms with van der Waals surface area (Å²) in [6.07, 6.45) is -4.57. The number of amides is 1. The number of rotatable bonds is 6. The van der Waals surface area contributed by atoms with Gasteiger partial charge in [-0.2, -0.15) is 13.2 Å². The maximum atomic E-state index is 12.1. The van der Waals surface area contributed by atoms with Crippen molar-refractivity contribution in [2.45, 2.75) is 19.1 Å². The summed E-state index contributed by atoms with van der Waals surface area (Å²) in [6, 6.07) is 2.02. The zero-order valence-electron chi connectivity index (χ0n) is 11.4. The van der Waals surface area contributed by atoms with E-state index in [2.05, 4.69) is 10.1 Å². The molecular weight excluding hydrogens is 309 g/mol. The molecule has 1 aromatic carbocycles. The lowest BCUT2D eigenvalue weighted by Gasteiger charge is -2.13. The Morgan fingerprint density at radius 2 is 2.14 bits per heavy atom. The number of halogens is 3. The maximum absolute atomic E-state index is 12.1. The number of nitro groups is 1. The number of benzene rings is 1. The molecular formula is C12H13F3N2O5. The van der Waals surface area contributed by atoms with Crippen LogP contribution in [0.2, 0.25) is 0 Å². The van der Waals surface area contributed by atoms with E-state index in [1.54, 1.807) is 0 Å². The number of nitrogens with one attached hydrogen (secondary N) is 1. The van der Waals surface area contributed by atoms with E-state index in [4.69, 9.17) is 5.11 Å². The molecule has 1 rings (SSSR count). The van der Waals surface area contributed by atoms with Gasteiger partial charge in [-0.3, -0.25) is 14.9 Å². The summed E-state index contributed by atoms with van der Waals surface area (Å²) in [7, 11) is 0. The van der Waals surface area contributed by atoms with Gasteiger partial charge in [0.1, 0.15) is 11.3 Å². The summed E-state index contributed by atoms with van der Waals surface area (Å²) in [5.74, 6) is -1.23. The van der Waals surface area contributed by atoms with Crippen LogP contribution in [0.5, 0.6) is 5.75 Å². The molecule has 7 nitrogen and oxygen atoms in total. The highest BCUT2D eigenvalue weighted by atomic mass is 19.4. The zero-order valence-corrected chi connectivity index (χ0v) is 11.4. The first-order valence-electron chi connectivity index (χ1n) is 6.03. The van der Waals surface area contributed by atoms with E-state index in [9.17, 15) is 28.1 Å². The minimum atomic E-state index is -4.57. The van der Waals surface area contributed by atoms with E-state index in [-0.39, 0.29) is 5.75 Å². The molecule has 122 valence electrons. The number of aliphatic hydroxyl groups excluding tert-OH is 1. The summed E-state index contributed by atoms with van der Waals surface area (Å²) in [6.45, 7) is -0.531. The molecule has 2 N–H and O–H groups in total. The van der Waals surface area contributed by atoms with Crippen LogP contribution in [0.3, 0.4) is 0 Å². The van der Waals surface area contributed by atoms with E-state index in [1.165, 1.54) is 6.92 Å². The van der Waals surface area contributed by atoms with Gasteiger partial charge in [-0.25, -0.2) is 0 Å². The minimum Gasteiger partial charge on any atom is -0.484 e. The van der Waals surface area contributed by atoms with Crippen molar-refractivity contribution in [1.29, 1.82) is 0 Å². The highest BCUT2D eigenvalue weighted by molar-refractivity contribution is 5.98. The lowest BCUT2D eigenvalue weighted by Crippen LogP contribution is -2.35. The number of nitrogens with zero attached hydrogens (tertiary/aromatic N) is 1. The lowest BCUT2D eigenvalue weighted by molar-refractivity contribution is -0.385. The average Bonchev–Trinajstić information content (AvgIpc) is 2.43. The van der Waals surface area contributed by atoms with E-state index in [0.29, 0.717) is 0 Å². The van der Waals surface area contributed by atoms with Crippen molar-refractivity contribution in [1.82, 2.24) is 5.32 Å². The Bertz CT molecular complexity index is 562. The Kier molecular flexibility index (Phi) is 5.69. The molecule has 22 heavy (non-hydrogen) atoms. The van der Waals surface area contributed by atoms with Crippen LogP contribution in [-0.2, 0) is 0 Å². The van der Waals surface area contributed by atoms with Gasteiger partial charge in [0.05, 0.1) is 11.5 Å². The van der Waals surface area contributed by atoms with Crippen LogP contribution in [0, 0.1) is 10.1 Å².